The Kier molecular flexibility index (Phi) is 8.15. The molecule has 4 aromatic heterocycles. The molecular weight excluding hydrogens is 821 g/mol. The Balaban J connectivity index is 1.03. The largest absolute Gasteiger partial charge is 0.435 e. The van der Waals surface area contributed by atoms with Gasteiger partial charge in [0.15, 0.2) is 17.2 Å². The van der Waals surface area contributed by atoms with E-state index in [1.165, 1.54) is 27.1 Å². The lowest BCUT2D eigenvalue weighted by Crippen LogP contribution is -2.07. The molecule has 7 heteroatoms. The topological polar surface area (TPSA) is 74.6 Å². The lowest BCUT2D eigenvalue weighted by atomic mass is 9.93. The van der Waals surface area contributed by atoms with E-state index in [-0.39, 0.29) is 0 Å². The third-order valence-corrected chi connectivity index (χ3v) is 13.2. The molecule has 0 bridgehead atoms. The highest BCUT2D eigenvalue weighted by Gasteiger charge is 2.25. The fraction of sp³-hybridized carbons (Fsp3) is 0. The summed E-state index contributed by atoms with van der Waals surface area (Å²) >= 11 is 0. The average molecular weight is 857 g/mol. The van der Waals surface area contributed by atoms with E-state index in [0.29, 0.717) is 29.1 Å². The van der Waals surface area contributed by atoms with Crippen molar-refractivity contribution in [3.63, 3.8) is 0 Å². The molecule has 0 spiro atoms. The fourth-order valence-corrected chi connectivity index (χ4v) is 10.2. The summed E-state index contributed by atoms with van der Waals surface area (Å²) in [6, 6.07) is 76.5. The molecule has 0 fully saturated rings. The Morgan fingerprint density at radius 1 is 0.343 bits per heavy atom. The number of hydrogen-bond acceptors (Lipinski definition) is 5. The Morgan fingerprint density at radius 2 is 0.925 bits per heavy atom. The van der Waals surface area contributed by atoms with Crippen LogP contribution < -0.4 is 0 Å². The molecule has 0 saturated carbocycles. The van der Waals surface area contributed by atoms with Crippen molar-refractivity contribution in [1.82, 2.24) is 29.1 Å². The van der Waals surface area contributed by atoms with Gasteiger partial charge in [-0.3, -0.25) is 4.57 Å². The summed E-state index contributed by atoms with van der Waals surface area (Å²) in [5.74, 6) is 2.08. The highest BCUT2D eigenvalue weighted by molar-refractivity contribution is 6.24. The zero-order valence-electron chi connectivity index (χ0n) is 35.9. The molecule has 312 valence electrons. The monoisotopic (exact) mass is 856 g/mol. The molecule has 0 saturated heterocycles. The van der Waals surface area contributed by atoms with Gasteiger partial charge in [-0.15, -0.1) is 0 Å². The first-order valence-corrected chi connectivity index (χ1v) is 22.5. The molecule has 0 amide bonds. The molecule has 0 aliphatic heterocycles. The van der Waals surface area contributed by atoms with E-state index in [1.807, 2.05) is 78.9 Å². The number of para-hydroxylation sites is 3. The normalized spacial score (nSPS) is 11.9. The minimum absolute atomic E-state index is 0.487. The maximum atomic E-state index is 6.57. The third-order valence-electron chi connectivity index (χ3n) is 13.2. The van der Waals surface area contributed by atoms with Gasteiger partial charge in [-0.1, -0.05) is 164 Å². The highest BCUT2D eigenvalue weighted by Crippen LogP contribution is 2.43. The molecule has 4 heterocycles. The van der Waals surface area contributed by atoms with Gasteiger partial charge in [0.1, 0.15) is 5.52 Å². The quantitative estimate of drug-likeness (QED) is 0.156. The molecule has 0 aliphatic carbocycles. The second kappa shape index (κ2) is 14.7. The summed E-state index contributed by atoms with van der Waals surface area (Å²) in [6.45, 7) is 0. The van der Waals surface area contributed by atoms with Crippen molar-refractivity contribution in [1.29, 1.82) is 0 Å². The minimum Gasteiger partial charge on any atom is -0.435 e. The van der Waals surface area contributed by atoms with Gasteiger partial charge in [0.05, 0.1) is 27.6 Å². The van der Waals surface area contributed by atoms with Crippen LogP contribution in [0, 0.1) is 0 Å². The van der Waals surface area contributed by atoms with Crippen LogP contribution in [0.2, 0.25) is 0 Å². The lowest BCUT2D eigenvalue weighted by molar-refractivity contribution is 0.620. The first-order valence-electron chi connectivity index (χ1n) is 22.5. The molecule has 14 aromatic rings. The summed E-state index contributed by atoms with van der Waals surface area (Å²) in [5, 5.41) is 9.47. The predicted octanol–water partition coefficient (Wildman–Crippen LogP) is 15.2. The van der Waals surface area contributed by atoms with Gasteiger partial charge in [0.2, 0.25) is 11.8 Å². The third kappa shape index (κ3) is 5.78. The van der Waals surface area contributed by atoms with E-state index in [4.69, 9.17) is 24.4 Å². The standard InChI is InChI=1S/C60H36N6O/c1-3-16-38(17-4-1)57-62-58(49-26-15-27-51-56(49)67-59(61-51)39-18-5-2-6-19-39)64-60(63-57)66-53-29-14-12-25-46(53)48-35-34-47-45-24-11-13-28-52(45)65(54(47)55(48)66)41-32-30-37(31-33-41)50-36-40-20-7-8-21-42(40)43-22-9-10-23-44(43)50/h1-36H. The first-order chi connectivity index (χ1) is 33.2. The smallest absolute Gasteiger partial charge is 0.238 e. The van der Waals surface area contributed by atoms with Gasteiger partial charge in [0, 0.05) is 38.4 Å². The van der Waals surface area contributed by atoms with Crippen LogP contribution >= 0.6 is 0 Å². The lowest BCUT2D eigenvalue weighted by Gasteiger charge is -2.14. The molecule has 14 rings (SSSR count). The summed E-state index contributed by atoms with van der Waals surface area (Å²) in [7, 11) is 0. The minimum atomic E-state index is 0.487. The van der Waals surface area contributed by atoms with E-state index in [1.54, 1.807) is 0 Å². The maximum absolute atomic E-state index is 6.57. The van der Waals surface area contributed by atoms with Gasteiger partial charge in [0.25, 0.3) is 0 Å². The number of benzene rings is 10. The predicted molar refractivity (Wildman–Crippen MR) is 273 cm³/mol. The van der Waals surface area contributed by atoms with E-state index in [0.717, 1.165) is 77.1 Å². The van der Waals surface area contributed by atoms with Crippen LogP contribution in [0.4, 0.5) is 0 Å². The number of hydrogen-bond donors (Lipinski definition) is 0. The number of rotatable bonds is 6. The van der Waals surface area contributed by atoms with E-state index in [9.17, 15) is 0 Å². The first kappa shape index (κ1) is 37.2. The van der Waals surface area contributed by atoms with Crippen molar-refractivity contribution < 1.29 is 4.42 Å². The Hall–Kier alpha value is -9.20. The van der Waals surface area contributed by atoms with E-state index >= 15 is 0 Å². The highest BCUT2D eigenvalue weighted by atomic mass is 16.3. The SMILES string of the molecule is c1ccc(-c2nc(-c3cccc4nc(-c5ccccc5)oc34)nc(-n3c4ccccc4c4ccc5c6ccccc6n(-c6ccc(-c7cc8ccccc8c8ccccc78)cc6)c5c43)n2)cc1. The maximum Gasteiger partial charge on any atom is 0.238 e. The van der Waals surface area contributed by atoms with Crippen molar-refractivity contribution in [2.24, 2.45) is 0 Å². The number of oxazole rings is 1. The molecule has 67 heavy (non-hydrogen) atoms. The van der Waals surface area contributed by atoms with Gasteiger partial charge in [-0.2, -0.15) is 9.97 Å². The van der Waals surface area contributed by atoms with E-state index in [2.05, 4.69) is 149 Å². The van der Waals surface area contributed by atoms with Crippen LogP contribution in [0.5, 0.6) is 0 Å². The molecule has 0 N–H and O–H groups in total. The van der Waals surface area contributed by atoms with Crippen LogP contribution in [0.25, 0.3) is 133 Å². The Bertz CT molecular complexity index is 4260. The van der Waals surface area contributed by atoms with E-state index < -0.39 is 0 Å². The van der Waals surface area contributed by atoms with Crippen molar-refractivity contribution in [3.8, 4) is 57.0 Å². The molecule has 0 unspecified atom stereocenters. The molecule has 7 nitrogen and oxygen atoms in total. The molecule has 0 atom stereocenters. The van der Waals surface area contributed by atoms with Crippen LogP contribution in [0.15, 0.2) is 223 Å². The molecular formula is C60H36N6O. The fourth-order valence-electron chi connectivity index (χ4n) is 10.2. The van der Waals surface area contributed by atoms with Crippen molar-refractivity contribution in [3.05, 3.63) is 218 Å². The summed E-state index contributed by atoms with van der Waals surface area (Å²) in [4.78, 5) is 20.8. The van der Waals surface area contributed by atoms with Crippen molar-refractivity contribution in [2.75, 3.05) is 0 Å². The number of aromatic nitrogens is 6. The molecule has 10 aromatic carbocycles. The Morgan fingerprint density at radius 3 is 1.66 bits per heavy atom. The zero-order chi connectivity index (χ0) is 44.0. The van der Waals surface area contributed by atoms with Gasteiger partial charge in [-0.25, -0.2) is 9.97 Å². The summed E-state index contributed by atoms with van der Waals surface area (Å²) in [5.41, 5.74) is 11.4. The second-order valence-electron chi connectivity index (χ2n) is 17.0. The van der Waals surface area contributed by atoms with Crippen LogP contribution in [-0.4, -0.2) is 29.1 Å². The van der Waals surface area contributed by atoms with Crippen LogP contribution in [0.3, 0.4) is 0 Å². The van der Waals surface area contributed by atoms with Gasteiger partial charge >= 0.3 is 0 Å². The van der Waals surface area contributed by atoms with Crippen LogP contribution in [0.1, 0.15) is 0 Å². The van der Waals surface area contributed by atoms with Gasteiger partial charge in [-0.05, 0) is 87.3 Å². The average Bonchev–Trinajstić information content (AvgIpc) is 4.10. The second-order valence-corrected chi connectivity index (χ2v) is 17.0. The number of nitrogens with zero attached hydrogens (tertiary/aromatic N) is 6. The zero-order valence-corrected chi connectivity index (χ0v) is 35.9. The Labute approximate surface area is 383 Å². The van der Waals surface area contributed by atoms with Gasteiger partial charge < -0.3 is 8.98 Å². The van der Waals surface area contributed by atoms with Crippen molar-refractivity contribution >= 4 is 76.3 Å². The summed E-state index contributed by atoms with van der Waals surface area (Å²) < 4.78 is 11.2. The molecule has 0 aliphatic rings. The molecule has 0 radical (unpaired) electrons. The van der Waals surface area contributed by atoms with Crippen molar-refractivity contribution in [2.45, 2.75) is 0 Å². The van der Waals surface area contributed by atoms with Crippen LogP contribution in [-0.2, 0) is 0 Å². The summed E-state index contributed by atoms with van der Waals surface area (Å²) in [6.07, 6.45) is 0. The number of fused-ring (bicyclic) bond motifs is 11.